The third-order valence-corrected chi connectivity index (χ3v) is 4.77. The summed E-state index contributed by atoms with van der Waals surface area (Å²) >= 11 is 0. The van der Waals surface area contributed by atoms with E-state index in [1.165, 1.54) is 32.2 Å². The maximum atomic E-state index is 12.6. The second-order valence-corrected chi connectivity index (χ2v) is 6.46. The van der Waals surface area contributed by atoms with Gasteiger partial charge in [0.25, 0.3) is 0 Å². The summed E-state index contributed by atoms with van der Waals surface area (Å²) in [6.07, 6.45) is -0.391. The zero-order chi connectivity index (χ0) is 19.6. The van der Waals surface area contributed by atoms with E-state index in [1.54, 1.807) is 0 Å². The van der Waals surface area contributed by atoms with E-state index < -0.39 is 47.5 Å². The quantitative estimate of drug-likeness (QED) is 0.593. The molecule has 0 aliphatic heterocycles. The van der Waals surface area contributed by atoms with Crippen LogP contribution in [0, 0.1) is 11.8 Å². The lowest BCUT2D eigenvalue weighted by Crippen LogP contribution is -2.55. The van der Waals surface area contributed by atoms with E-state index in [2.05, 4.69) is 0 Å². The minimum absolute atomic E-state index is 0.104. The van der Waals surface area contributed by atoms with Gasteiger partial charge in [-0.15, -0.1) is 0 Å². The van der Waals surface area contributed by atoms with Crippen LogP contribution in [-0.4, -0.2) is 54.9 Å². The highest BCUT2D eigenvalue weighted by Gasteiger charge is 2.57. The highest BCUT2D eigenvalue weighted by molar-refractivity contribution is 6.02. The van der Waals surface area contributed by atoms with Crippen LogP contribution in [0.25, 0.3) is 0 Å². The van der Waals surface area contributed by atoms with Crippen LogP contribution in [0.2, 0.25) is 0 Å². The van der Waals surface area contributed by atoms with Crippen LogP contribution in [0.4, 0.5) is 0 Å². The number of methoxy groups -OCH3 is 3. The lowest BCUT2D eigenvalue weighted by Gasteiger charge is -2.43. The van der Waals surface area contributed by atoms with Crippen LogP contribution in [0.5, 0.6) is 11.5 Å². The molecule has 8 heteroatoms. The van der Waals surface area contributed by atoms with Crippen LogP contribution in [0.1, 0.15) is 24.8 Å². The number of phenols is 1. The third-order valence-electron chi connectivity index (χ3n) is 4.77. The summed E-state index contributed by atoms with van der Waals surface area (Å²) in [5, 5.41) is 20.5. The van der Waals surface area contributed by atoms with Crippen LogP contribution in [0.15, 0.2) is 18.2 Å². The fraction of sp³-hybridized carbons (Fsp3) is 0.500. The standard InChI is InChI=1S/C18H22O8/c1-18(23)8-11(20)14(16(21)25-3)13(15(18)17(22)26-4)9-5-6-10(19)12(7-9)24-2/h5-7,13-15,19,23H,8H2,1-4H3/t13-,14-,15+,18+/m1/s1. The molecule has 4 atom stereocenters. The van der Waals surface area contributed by atoms with Crippen molar-refractivity contribution in [2.45, 2.75) is 24.9 Å². The number of hydrogen-bond donors (Lipinski definition) is 2. The molecule has 0 unspecified atom stereocenters. The summed E-state index contributed by atoms with van der Waals surface area (Å²) in [4.78, 5) is 37.3. The van der Waals surface area contributed by atoms with Gasteiger partial charge in [0, 0.05) is 12.3 Å². The van der Waals surface area contributed by atoms with E-state index in [0.29, 0.717) is 5.56 Å². The molecule has 8 nitrogen and oxygen atoms in total. The number of phenolic OH excluding ortho intramolecular Hbond substituents is 1. The SMILES string of the molecule is COC(=O)[C@@H]1C(=O)C[C@](C)(O)[C@H](C(=O)OC)[C@@H]1c1ccc(O)c(OC)c1. The average Bonchev–Trinajstić information content (AvgIpc) is 2.59. The molecular weight excluding hydrogens is 344 g/mol. The van der Waals surface area contributed by atoms with Gasteiger partial charge in [0.1, 0.15) is 5.92 Å². The first-order valence-electron chi connectivity index (χ1n) is 7.95. The maximum Gasteiger partial charge on any atom is 0.316 e. The highest BCUT2D eigenvalue weighted by Crippen LogP contribution is 2.47. The summed E-state index contributed by atoms with van der Waals surface area (Å²) in [7, 11) is 3.65. The van der Waals surface area contributed by atoms with Crippen LogP contribution in [-0.2, 0) is 23.9 Å². The topological polar surface area (TPSA) is 119 Å². The van der Waals surface area contributed by atoms with E-state index in [0.717, 1.165) is 14.2 Å². The molecule has 0 radical (unpaired) electrons. The average molecular weight is 366 g/mol. The summed E-state index contributed by atoms with van der Waals surface area (Å²) < 4.78 is 14.6. The Bertz CT molecular complexity index is 724. The Morgan fingerprint density at radius 2 is 1.77 bits per heavy atom. The number of aromatic hydroxyl groups is 1. The molecule has 0 aromatic heterocycles. The minimum Gasteiger partial charge on any atom is -0.504 e. The van der Waals surface area contributed by atoms with Gasteiger partial charge in [0.2, 0.25) is 0 Å². The number of aliphatic hydroxyl groups is 1. The van der Waals surface area contributed by atoms with Crippen molar-refractivity contribution in [2.75, 3.05) is 21.3 Å². The molecule has 0 saturated heterocycles. The van der Waals surface area contributed by atoms with Crippen molar-refractivity contribution in [3.63, 3.8) is 0 Å². The Morgan fingerprint density at radius 3 is 2.31 bits per heavy atom. The molecule has 2 N–H and O–H groups in total. The van der Waals surface area contributed by atoms with Crippen molar-refractivity contribution in [2.24, 2.45) is 11.8 Å². The van der Waals surface area contributed by atoms with Gasteiger partial charge in [-0.1, -0.05) is 6.07 Å². The number of benzene rings is 1. The van der Waals surface area contributed by atoms with Crippen molar-refractivity contribution in [1.29, 1.82) is 0 Å². The van der Waals surface area contributed by atoms with Crippen LogP contribution >= 0.6 is 0 Å². The van der Waals surface area contributed by atoms with Crippen LogP contribution in [0.3, 0.4) is 0 Å². The zero-order valence-electron chi connectivity index (χ0n) is 15.0. The Balaban J connectivity index is 2.69. The van der Waals surface area contributed by atoms with Gasteiger partial charge < -0.3 is 24.4 Å². The second-order valence-electron chi connectivity index (χ2n) is 6.46. The minimum atomic E-state index is -1.72. The van der Waals surface area contributed by atoms with Crippen molar-refractivity contribution >= 4 is 17.7 Å². The van der Waals surface area contributed by atoms with E-state index in [1.807, 2.05) is 0 Å². The van der Waals surface area contributed by atoms with Gasteiger partial charge in [-0.2, -0.15) is 0 Å². The molecule has 142 valence electrons. The molecule has 26 heavy (non-hydrogen) atoms. The van der Waals surface area contributed by atoms with Gasteiger partial charge in [-0.25, -0.2) is 0 Å². The Morgan fingerprint density at radius 1 is 1.15 bits per heavy atom. The monoisotopic (exact) mass is 366 g/mol. The fourth-order valence-electron chi connectivity index (χ4n) is 3.57. The molecule has 1 fully saturated rings. The number of ether oxygens (including phenoxy) is 3. The summed E-state index contributed by atoms with van der Waals surface area (Å²) in [5.41, 5.74) is -1.36. The molecular formula is C18H22O8. The molecule has 1 aliphatic carbocycles. The molecule has 2 rings (SSSR count). The number of carbonyl (C=O) groups is 3. The first-order valence-corrected chi connectivity index (χ1v) is 7.95. The van der Waals surface area contributed by atoms with Crippen molar-refractivity contribution < 1.29 is 38.8 Å². The molecule has 1 aromatic rings. The number of ketones is 1. The lowest BCUT2D eigenvalue weighted by atomic mass is 9.61. The van der Waals surface area contributed by atoms with E-state index in [-0.39, 0.29) is 11.5 Å². The Kier molecular flexibility index (Phi) is 5.56. The molecule has 0 spiro atoms. The largest absolute Gasteiger partial charge is 0.504 e. The lowest BCUT2D eigenvalue weighted by molar-refractivity contribution is -0.170. The first-order chi connectivity index (χ1) is 12.2. The summed E-state index contributed by atoms with van der Waals surface area (Å²) in [5.74, 6) is -5.67. The third kappa shape index (κ3) is 3.37. The van der Waals surface area contributed by atoms with Gasteiger partial charge in [0.15, 0.2) is 17.3 Å². The Hall–Kier alpha value is -2.61. The van der Waals surface area contributed by atoms with Crippen molar-refractivity contribution in [3.05, 3.63) is 23.8 Å². The normalized spacial score (nSPS) is 28.3. The van der Waals surface area contributed by atoms with E-state index in [4.69, 9.17) is 14.2 Å². The Labute approximate surface area is 150 Å². The number of Topliss-reactive ketones (excluding diaryl/α,β-unsaturated/α-hetero) is 1. The van der Waals surface area contributed by atoms with Crippen molar-refractivity contribution in [1.82, 2.24) is 0 Å². The van der Waals surface area contributed by atoms with Crippen LogP contribution < -0.4 is 4.74 Å². The molecule has 1 saturated carbocycles. The number of hydrogen-bond acceptors (Lipinski definition) is 8. The molecule has 0 amide bonds. The zero-order valence-corrected chi connectivity index (χ0v) is 15.0. The van der Waals surface area contributed by atoms with Gasteiger partial charge >= 0.3 is 11.9 Å². The maximum absolute atomic E-state index is 12.6. The van der Waals surface area contributed by atoms with Gasteiger partial charge in [-0.3, -0.25) is 14.4 Å². The molecule has 0 bridgehead atoms. The predicted molar refractivity (Wildman–Crippen MR) is 88.7 cm³/mol. The van der Waals surface area contributed by atoms with E-state index >= 15 is 0 Å². The summed E-state index contributed by atoms with van der Waals surface area (Å²) in [6, 6.07) is 4.20. The number of rotatable bonds is 4. The van der Waals surface area contributed by atoms with Gasteiger partial charge in [0.05, 0.1) is 32.8 Å². The smallest absolute Gasteiger partial charge is 0.316 e. The fourth-order valence-corrected chi connectivity index (χ4v) is 3.57. The van der Waals surface area contributed by atoms with Gasteiger partial charge in [-0.05, 0) is 24.6 Å². The second kappa shape index (κ2) is 7.33. The number of carbonyl (C=O) groups excluding carboxylic acids is 3. The first kappa shape index (κ1) is 19.7. The predicted octanol–water partition coefficient (Wildman–Crippen LogP) is 0.787. The summed E-state index contributed by atoms with van der Waals surface area (Å²) in [6.45, 7) is 1.35. The van der Waals surface area contributed by atoms with E-state index in [9.17, 15) is 24.6 Å². The van der Waals surface area contributed by atoms with Crippen molar-refractivity contribution in [3.8, 4) is 11.5 Å². The highest BCUT2D eigenvalue weighted by atomic mass is 16.5. The molecule has 1 aromatic carbocycles. The number of esters is 2. The molecule has 0 heterocycles. The molecule has 1 aliphatic rings.